The van der Waals surface area contributed by atoms with Gasteiger partial charge in [-0.1, -0.05) is 11.6 Å². The van der Waals surface area contributed by atoms with Crippen LogP contribution in [0.2, 0.25) is 5.02 Å². The number of hydrogen-bond donors (Lipinski definition) is 0. The fraction of sp³-hybridized carbons (Fsp3) is 0.182. The Morgan fingerprint density at radius 3 is 2.72 bits per heavy atom. The molecule has 0 atom stereocenters. The number of ketones is 1. The van der Waals surface area contributed by atoms with Gasteiger partial charge in [0.15, 0.2) is 5.69 Å². The maximum absolute atomic E-state index is 12.2. The molecule has 0 saturated carbocycles. The van der Waals surface area contributed by atoms with Gasteiger partial charge in [0.2, 0.25) is 17.5 Å². The van der Waals surface area contributed by atoms with Gasteiger partial charge in [-0.2, -0.15) is 4.98 Å². The number of nitrogens with zero attached hydrogens (tertiary/aromatic N) is 2. The number of aromatic nitrogens is 2. The molecule has 18 heavy (non-hydrogen) atoms. The molecule has 0 amide bonds. The van der Waals surface area contributed by atoms with Crippen molar-refractivity contribution in [2.75, 3.05) is 14.2 Å². The van der Waals surface area contributed by atoms with Crippen molar-refractivity contribution < 1.29 is 14.3 Å². The van der Waals surface area contributed by atoms with Gasteiger partial charge in [-0.3, -0.25) is 4.79 Å². The van der Waals surface area contributed by atoms with Crippen molar-refractivity contribution in [3.05, 3.63) is 33.2 Å². The molecule has 2 aromatic heterocycles. The van der Waals surface area contributed by atoms with Crippen molar-refractivity contribution in [3.63, 3.8) is 0 Å². The summed E-state index contributed by atoms with van der Waals surface area (Å²) in [4.78, 5) is 20.6. The summed E-state index contributed by atoms with van der Waals surface area (Å²) >= 11 is 7.16. The largest absolute Gasteiger partial charge is 0.480 e. The number of ether oxygens (including phenoxy) is 2. The van der Waals surface area contributed by atoms with Gasteiger partial charge in [0, 0.05) is 0 Å². The van der Waals surface area contributed by atoms with Crippen LogP contribution in [0, 0.1) is 0 Å². The summed E-state index contributed by atoms with van der Waals surface area (Å²) in [5.41, 5.74) is 0.114. The molecule has 0 aromatic carbocycles. The standard InChI is InChI=1S/C11H9ClN2O3S/c1-16-7-5-13-8(11(14-7)17-2)9(15)10-6(12)3-4-18-10/h3-5H,1-2H3. The van der Waals surface area contributed by atoms with Crippen molar-refractivity contribution in [1.29, 1.82) is 0 Å². The van der Waals surface area contributed by atoms with E-state index in [4.69, 9.17) is 21.1 Å². The third-order valence-electron chi connectivity index (χ3n) is 2.16. The quantitative estimate of drug-likeness (QED) is 0.807. The lowest BCUT2D eigenvalue weighted by molar-refractivity contribution is 0.103. The Bertz CT molecular complexity index is 585. The first kappa shape index (κ1) is 12.8. The molecule has 0 aliphatic carbocycles. The summed E-state index contributed by atoms with van der Waals surface area (Å²) in [7, 11) is 2.87. The summed E-state index contributed by atoms with van der Waals surface area (Å²) in [6.45, 7) is 0. The Balaban J connectivity index is 2.45. The number of hydrogen-bond acceptors (Lipinski definition) is 6. The van der Waals surface area contributed by atoms with E-state index in [1.807, 2.05) is 0 Å². The summed E-state index contributed by atoms with van der Waals surface area (Å²) in [5.74, 6) is 0.0755. The van der Waals surface area contributed by atoms with Gasteiger partial charge in [0.25, 0.3) is 0 Å². The van der Waals surface area contributed by atoms with Crippen molar-refractivity contribution in [1.82, 2.24) is 9.97 Å². The predicted molar refractivity (Wildman–Crippen MR) is 67.9 cm³/mol. The van der Waals surface area contributed by atoms with Crippen LogP contribution in [0.5, 0.6) is 11.8 Å². The van der Waals surface area contributed by atoms with E-state index in [1.54, 1.807) is 11.4 Å². The normalized spacial score (nSPS) is 10.2. The Morgan fingerprint density at radius 1 is 1.39 bits per heavy atom. The lowest BCUT2D eigenvalue weighted by atomic mass is 10.2. The van der Waals surface area contributed by atoms with Crippen molar-refractivity contribution in [3.8, 4) is 11.8 Å². The average molecular weight is 285 g/mol. The van der Waals surface area contributed by atoms with E-state index in [1.165, 1.54) is 31.8 Å². The van der Waals surface area contributed by atoms with E-state index in [2.05, 4.69) is 9.97 Å². The zero-order chi connectivity index (χ0) is 13.1. The topological polar surface area (TPSA) is 61.3 Å². The molecule has 94 valence electrons. The third-order valence-corrected chi connectivity index (χ3v) is 3.50. The highest BCUT2D eigenvalue weighted by Crippen LogP contribution is 2.27. The molecule has 7 heteroatoms. The molecule has 0 spiro atoms. The molecule has 0 N–H and O–H groups in total. The zero-order valence-corrected chi connectivity index (χ0v) is 11.2. The zero-order valence-electron chi connectivity index (χ0n) is 9.64. The van der Waals surface area contributed by atoms with Crippen LogP contribution in [0.25, 0.3) is 0 Å². The summed E-state index contributed by atoms with van der Waals surface area (Å²) in [5, 5.41) is 2.13. The molecule has 0 bridgehead atoms. The highest BCUT2D eigenvalue weighted by Gasteiger charge is 2.21. The van der Waals surface area contributed by atoms with Gasteiger partial charge in [0.05, 0.1) is 30.3 Å². The van der Waals surface area contributed by atoms with E-state index in [0.29, 0.717) is 9.90 Å². The molecule has 0 aliphatic heterocycles. The first-order chi connectivity index (χ1) is 8.67. The minimum absolute atomic E-state index is 0.114. The number of carbonyl (C=O) groups is 1. The molecule has 2 aromatic rings. The van der Waals surface area contributed by atoms with Crippen LogP contribution < -0.4 is 9.47 Å². The van der Waals surface area contributed by atoms with Gasteiger partial charge in [-0.05, 0) is 11.4 Å². The van der Waals surface area contributed by atoms with Gasteiger partial charge in [-0.15, -0.1) is 11.3 Å². The molecule has 0 fully saturated rings. The Morgan fingerprint density at radius 2 is 2.17 bits per heavy atom. The minimum atomic E-state index is -0.318. The molecular weight excluding hydrogens is 276 g/mol. The van der Waals surface area contributed by atoms with Crippen molar-refractivity contribution in [2.45, 2.75) is 0 Å². The third kappa shape index (κ3) is 2.30. The summed E-state index contributed by atoms with van der Waals surface area (Å²) in [6.07, 6.45) is 1.36. The average Bonchev–Trinajstić information content (AvgIpc) is 2.83. The first-order valence-electron chi connectivity index (χ1n) is 4.90. The van der Waals surface area contributed by atoms with Crippen LogP contribution in [0.1, 0.15) is 15.4 Å². The van der Waals surface area contributed by atoms with Crippen LogP contribution in [-0.4, -0.2) is 30.0 Å². The Labute approximate surface area is 112 Å². The van der Waals surface area contributed by atoms with Gasteiger partial charge >= 0.3 is 0 Å². The maximum Gasteiger partial charge on any atom is 0.247 e. The van der Waals surface area contributed by atoms with Crippen LogP contribution in [0.3, 0.4) is 0 Å². The van der Waals surface area contributed by atoms with Crippen molar-refractivity contribution in [2.24, 2.45) is 0 Å². The van der Waals surface area contributed by atoms with E-state index in [-0.39, 0.29) is 23.2 Å². The number of methoxy groups -OCH3 is 2. The molecule has 0 radical (unpaired) electrons. The molecule has 5 nitrogen and oxygen atoms in total. The van der Waals surface area contributed by atoms with Crippen LogP contribution >= 0.6 is 22.9 Å². The number of halogens is 1. The molecule has 0 unspecified atom stereocenters. The number of carbonyl (C=O) groups excluding carboxylic acids is 1. The van der Waals surface area contributed by atoms with E-state index >= 15 is 0 Å². The Kier molecular flexibility index (Phi) is 3.78. The van der Waals surface area contributed by atoms with Crippen LogP contribution in [0.15, 0.2) is 17.6 Å². The van der Waals surface area contributed by atoms with Gasteiger partial charge in [-0.25, -0.2) is 4.98 Å². The second-order valence-corrected chi connectivity index (χ2v) is 4.52. The van der Waals surface area contributed by atoms with Crippen molar-refractivity contribution >= 4 is 28.7 Å². The second kappa shape index (κ2) is 5.32. The fourth-order valence-corrected chi connectivity index (χ4v) is 2.40. The molecular formula is C11H9ClN2O3S. The molecule has 0 aliphatic rings. The predicted octanol–water partition coefficient (Wildman–Crippen LogP) is 2.44. The minimum Gasteiger partial charge on any atom is -0.480 e. The molecule has 0 saturated heterocycles. The van der Waals surface area contributed by atoms with Crippen LogP contribution in [-0.2, 0) is 0 Å². The van der Waals surface area contributed by atoms with E-state index in [0.717, 1.165) is 0 Å². The molecule has 2 heterocycles. The second-order valence-electron chi connectivity index (χ2n) is 3.20. The van der Waals surface area contributed by atoms with Crippen LogP contribution in [0.4, 0.5) is 0 Å². The number of thiophene rings is 1. The smallest absolute Gasteiger partial charge is 0.247 e. The summed E-state index contributed by atoms with van der Waals surface area (Å²) in [6, 6.07) is 1.66. The fourth-order valence-electron chi connectivity index (χ4n) is 1.32. The lowest BCUT2D eigenvalue weighted by Crippen LogP contribution is -2.07. The lowest BCUT2D eigenvalue weighted by Gasteiger charge is -2.06. The van der Waals surface area contributed by atoms with Gasteiger partial charge in [0.1, 0.15) is 0 Å². The monoisotopic (exact) mass is 284 g/mol. The maximum atomic E-state index is 12.2. The number of rotatable bonds is 4. The SMILES string of the molecule is COc1cnc(C(=O)c2sccc2Cl)c(OC)n1. The van der Waals surface area contributed by atoms with E-state index < -0.39 is 0 Å². The van der Waals surface area contributed by atoms with Gasteiger partial charge < -0.3 is 9.47 Å². The van der Waals surface area contributed by atoms with E-state index in [9.17, 15) is 4.79 Å². The highest BCUT2D eigenvalue weighted by atomic mass is 35.5. The molecule has 2 rings (SSSR count). The highest BCUT2D eigenvalue weighted by molar-refractivity contribution is 7.13. The first-order valence-corrected chi connectivity index (χ1v) is 6.15. The Hall–Kier alpha value is -1.66. The summed E-state index contributed by atoms with van der Waals surface area (Å²) < 4.78 is 9.95.